The SMILES string of the molecule is C=C(C)CNC(=NCC(=O)N(C)C)NC1CCN(S(=O)(=O)CC)CC1.I. The highest BCUT2D eigenvalue weighted by Crippen LogP contribution is 2.14. The van der Waals surface area contributed by atoms with E-state index in [1.807, 2.05) is 6.92 Å². The van der Waals surface area contributed by atoms with Gasteiger partial charge in [0.2, 0.25) is 15.9 Å². The highest BCUT2D eigenvalue weighted by Gasteiger charge is 2.27. The summed E-state index contributed by atoms with van der Waals surface area (Å²) in [7, 11) is 0.254. The van der Waals surface area contributed by atoms with E-state index in [1.165, 1.54) is 4.90 Å². The Balaban J connectivity index is 0.00000625. The molecule has 0 unspecified atom stereocenters. The number of sulfonamides is 1. The molecule has 0 bridgehead atoms. The van der Waals surface area contributed by atoms with E-state index in [2.05, 4.69) is 22.2 Å². The van der Waals surface area contributed by atoms with Crippen LogP contribution < -0.4 is 10.6 Å². The van der Waals surface area contributed by atoms with E-state index in [1.54, 1.807) is 25.3 Å². The number of nitrogens with zero attached hydrogens (tertiary/aromatic N) is 3. The number of guanidine groups is 1. The topological polar surface area (TPSA) is 94.1 Å². The van der Waals surface area contributed by atoms with Crippen LogP contribution in [0.15, 0.2) is 17.1 Å². The van der Waals surface area contributed by atoms with Gasteiger partial charge < -0.3 is 15.5 Å². The molecule has 1 fully saturated rings. The van der Waals surface area contributed by atoms with Gasteiger partial charge in [-0.1, -0.05) is 12.2 Å². The average molecular weight is 501 g/mol. The number of hydrogen-bond donors (Lipinski definition) is 2. The second-order valence-electron chi connectivity index (χ2n) is 6.48. The van der Waals surface area contributed by atoms with Crippen LogP contribution >= 0.6 is 24.0 Å². The summed E-state index contributed by atoms with van der Waals surface area (Å²) < 4.78 is 25.4. The lowest BCUT2D eigenvalue weighted by Crippen LogP contribution is -2.50. The van der Waals surface area contributed by atoms with Gasteiger partial charge in [0.1, 0.15) is 6.54 Å². The van der Waals surface area contributed by atoms with Crippen LogP contribution in [0.4, 0.5) is 0 Å². The van der Waals surface area contributed by atoms with Crippen molar-refractivity contribution in [3.05, 3.63) is 12.2 Å². The maximum atomic E-state index is 11.9. The molecule has 1 saturated heterocycles. The fraction of sp³-hybridized carbons (Fsp3) is 0.750. The van der Waals surface area contributed by atoms with E-state index in [0.29, 0.717) is 38.4 Å². The Morgan fingerprint density at radius 2 is 1.88 bits per heavy atom. The third-order valence-corrected chi connectivity index (χ3v) is 5.86. The van der Waals surface area contributed by atoms with Crippen molar-refractivity contribution in [3.63, 3.8) is 0 Å². The van der Waals surface area contributed by atoms with E-state index in [9.17, 15) is 13.2 Å². The maximum absolute atomic E-state index is 11.9. The number of carbonyl (C=O) groups is 1. The molecule has 0 aromatic rings. The van der Waals surface area contributed by atoms with Crippen LogP contribution in [0.25, 0.3) is 0 Å². The lowest BCUT2D eigenvalue weighted by atomic mass is 10.1. The molecule has 2 N–H and O–H groups in total. The van der Waals surface area contributed by atoms with Gasteiger partial charge in [-0.15, -0.1) is 24.0 Å². The Hall–Kier alpha value is -0.880. The molecule has 1 amide bonds. The summed E-state index contributed by atoms with van der Waals surface area (Å²) >= 11 is 0. The second kappa shape index (κ2) is 11.8. The van der Waals surface area contributed by atoms with Crippen LogP contribution in [0, 0.1) is 0 Å². The van der Waals surface area contributed by atoms with Gasteiger partial charge in [-0.2, -0.15) is 0 Å². The van der Waals surface area contributed by atoms with Crippen LogP contribution in [0.2, 0.25) is 0 Å². The van der Waals surface area contributed by atoms with Crippen molar-refractivity contribution in [2.45, 2.75) is 32.7 Å². The fourth-order valence-corrected chi connectivity index (χ4v) is 3.46. The molecule has 0 radical (unpaired) electrons. The van der Waals surface area contributed by atoms with Crippen molar-refractivity contribution in [2.24, 2.45) is 4.99 Å². The first-order chi connectivity index (χ1) is 11.7. The van der Waals surface area contributed by atoms with Crippen molar-refractivity contribution in [2.75, 3.05) is 46.0 Å². The van der Waals surface area contributed by atoms with E-state index >= 15 is 0 Å². The van der Waals surface area contributed by atoms with Crippen molar-refractivity contribution in [3.8, 4) is 0 Å². The molecule has 1 aliphatic rings. The van der Waals surface area contributed by atoms with E-state index < -0.39 is 10.0 Å². The minimum absolute atomic E-state index is 0. The molecule has 1 rings (SSSR count). The highest BCUT2D eigenvalue weighted by molar-refractivity contribution is 14.0. The number of rotatable bonds is 7. The Kier molecular flexibility index (Phi) is 11.4. The molecule has 26 heavy (non-hydrogen) atoms. The summed E-state index contributed by atoms with van der Waals surface area (Å²) in [6.07, 6.45) is 1.41. The number of nitrogens with one attached hydrogen (secondary N) is 2. The van der Waals surface area contributed by atoms with Gasteiger partial charge in [-0.3, -0.25) is 4.79 Å². The van der Waals surface area contributed by atoms with Crippen LogP contribution in [0.1, 0.15) is 26.7 Å². The molecule has 0 spiro atoms. The Morgan fingerprint density at radius 1 is 1.31 bits per heavy atom. The monoisotopic (exact) mass is 501 g/mol. The third-order valence-electron chi connectivity index (χ3n) is 3.98. The zero-order chi connectivity index (χ0) is 19.0. The molecule has 0 aromatic carbocycles. The van der Waals surface area contributed by atoms with E-state index in [0.717, 1.165) is 5.57 Å². The Bertz CT molecular complexity index is 599. The first kappa shape index (κ1) is 25.1. The average Bonchev–Trinajstić information content (AvgIpc) is 2.57. The van der Waals surface area contributed by atoms with Gasteiger partial charge in [0.15, 0.2) is 5.96 Å². The minimum Gasteiger partial charge on any atom is -0.354 e. The predicted octanol–water partition coefficient (Wildman–Crippen LogP) is 0.618. The first-order valence-corrected chi connectivity index (χ1v) is 10.1. The molecule has 1 aliphatic heterocycles. The van der Waals surface area contributed by atoms with Crippen molar-refractivity contribution >= 4 is 45.9 Å². The van der Waals surface area contributed by atoms with E-state index in [-0.39, 0.29) is 48.2 Å². The van der Waals surface area contributed by atoms with Gasteiger partial charge in [0.25, 0.3) is 0 Å². The number of piperidine rings is 1. The zero-order valence-corrected chi connectivity index (χ0v) is 19.3. The lowest BCUT2D eigenvalue weighted by molar-refractivity contribution is -0.127. The normalized spacial score (nSPS) is 16.5. The molecular formula is C16H32IN5O3S. The van der Waals surface area contributed by atoms with Gasteiger partial charge in [0, 0.05) is 39.8 Å². The standard InChI is InChI=1S/C16H31N5O3S.HI/c1-6-25(23,24)21-9-7-14(8-10-21)19-16(17-11-13(2)3)18-12-15(22)20(4)5;/h14H,2,6-12H2,1,3-5H3,(H2,17,18,19);1H. The van der Waals surface area contributed by atoms with Gasteiger partial charge in [-0.25, -0.2) is 17.7 Å². The number of likely N-dealkylation sites (N-methyl/N-ethyl adjacent to an activating group) is 1. The van der Waals surface area contributed by atoms with Crippen molar-refractivity contribution in [1.29, 1.82) is 0 Å². The molecular weight excluding hydrogens is 469 g/mol. The fourth-order valence-electron chi connectivity index (χ4n) is 2.33. The molecule has 0 aliphatic carbocycles. The van der Waals surface area contributed by atoms with Gasteiger partial charge in [0.05, 0.1) is 5.75 Å². The summed E-state index contributed by atoms with van der Waals surface area (Å²) in [6, 6.07) is 0.120. The number of hydrogen-bond acceptors (Lipinski definition) is 4. The van der Waals surface area contributed by atoms with Crippen LogP contribution in [-0.4, -0.2) is 81.6 Å². The molecule has 10 heteroatoms. The van der Waals surface area contributed by atoms with Crippen LogP contribution in [-0.2, 0) is 14.8 Å². The zero-order valence-electron chi connectivity index (χ0n) is 16.1. The highest BCUT2D eigenvalue weighted by atomic mass is 127. The Labute approximate surface area is 174 Å². The Morgan fingerprint density at radius 3 is 2.35 bits per heavy atom. The predicted molar refractivity (Wildman–Crippen MR) is 116 cm³/mol. The quantitative estimate of drug-likeness (QED) is 0.231. The first-order valence-electron chi connectivity index (χ1n) is 8.53. The minimum atomic E-state index is -3.13. The van der Waals surface area contributed by atoms with Crippen molar-refractivity contribution in [1.82, 2.24) is 19.8 Å². The molecule has 8 nitrogen and oxygen atoms in total. The number of aliphatic imine (C=N–C) groups is 1. The maximum Gasteiger partial charge on any atom is 0.243 e. The summed E-state index contributed by atoms with van der Waals surface area (Å²) in [5.41, 5.74) is 0.956. The second-order valence-corrected chi connectivity index (χ2v) is 8.74. The molecule has 0 atom stereocenters. The largest absolute Gasteiger partial charge is 0.354 e. The van der Waals surface area contributed by atoms with Crippen LogP contribution in [0.3, 0.4) is 0 Å². The van der Waals surface area contributed by atoms with E-state index in [4.69, 9.17) is 0 Å². The number of amides is 1. The van der Waals surface area contributed by atoms with Crippen molar-refractivity contribution < 1.29 is 13.2 Å². The summed E-state index contributed by atoms with van der Waals surface area (Å²) in [5.74, 6) is 0.597. The smallest absolute Gasteiger partial charge is 0.243 e. The summed E-state index contributed by atoms with van der Waals surface area (Å²) in [6.45, 7) is 9.03. The molecule has 0 saturated carbocycles. The van der Waals surface area contributed by atoms with Gasteiger partial charge >= 0.3 is 0 Å². The molecule has 152 valence electrons. The number of halogens is 1. The summed E-state index contributed by atoms with van der Waals surface area (Å²) in [5, 5.41) is 6.45. The van der Waals surface area contributed by atoms with Crippen LogP contribution in [0.5, 0.6) is 0 Å². The molecule has 0 aromatic heterocycles. The number of carbonyl (C=O) groups excluding carboxylic acids is 1. The van der Waals surface area contributed by atoms with Gasteiger partial charge in [-0.05, 0) is 26.7 Å². The summed E-state index contributed by atoms with van der Waals surface area (Å²) in [4.78, 5) is 17.6. The lowest BCUT2D eigenvalue weighted by Gasteiger charge is -2.32. The molecule has 1 heterocycles. The third kappa shape index (κ3) is 8.67.